The van der Waals surface area contributed by atoms with Crippen molar-refractivity contribution in [2.75, 3.05) is 53.5 Å². The van der Waals surface area contributed by atoms with Crippen LogP contribution in [0, 0.1) is 0 Å². The van der Waals surface area contributed by atoms with Crippen molar-refractivity contribution < 1.29 is 17.9 Å². The molecule has 0 amide bonds. The lowest BCUT2D eigenvalue weighted by Crippen LogP contribution is -2.41. The third-order valence-electron chi connectivity index (χ3n) is 2.68. The van der Waals surface area contributed by atoms with Crippen molar-refractivity contribution in [3.05, 3.63) is 0 Å². The second-order valence-electron chi connectivity index (χ2n) is 4.70. The Balaban J connectivity index is 3.95. The molecule has 0 saturated carbocycles. The number of nitrogens with zero attached hydrogens (tertiary/aromatic N) is 2. The van der Waals surface area contributed by atoms with Crippen LogP contribution < -0.4 is 10.6 Å². The summed E-state index contributed by atoms with van der Waals surface area (Å²) >= 11 is 0. The average Bonchev–Trinajstić information content (AvgIpc) is 2.37. The van der Waals surface area contributed by atoms with Gasteiger partial charge in [0.25, 0.3) is 0 Å². The summed E-state index contributed by atoms with van der Waals surface area (Å²) in [6, 6.07) is 0. The minimum Gasteiger partial charge on any atom is -0.385 e. The van der Waals surface area contributed by atoms with Crippen molar-refractivity contribution in [1.29, 1.82) is 0 Å². The quantitative estimate of drug-likeness (QED) is 0.364. The fourth-order valence-corrected chi connectivity index (χ4v) is 1.59. The molecule has 0 fully saturated rings. The number of hydrogen-bond donors (Lipinski definition) is 2. The molecule has 0 spiro atoms. The maximum atomic E-state index is 12.1. The SMILES string of the molecule is CCNC(=NCCC(F)(F)F)NCCN(C)CCCOC. The first-order valence-electron chi connectivity index (χ1n) is 7.15. The molecule has 2 N–H and O–H groups in total. The van der Waals surface area contributed by atoms with Crippen molar-refractivity contribution in [3.63, 3.8) is 0 Å². The lowest BCUT2D eigenvalue weighted by atomic mass is 10.4. The number of methoxy groups -OCH3 is 1. The molecule has 21 heavy (non-hydrogen) atoms. The summed E-state index contributed by atoms with van der Waals surface area (Å²) in [5, 5.41) is 5.95. The molecule has 0 aromatic carbocycles. The van der Waals surface area contributed by atoms with E-state index in [1.165, 1.54) is 0 Å². The number of guanidine groups is 1. The molecule has 0 unspecified atom stereocenters. The van der Waals surface area contributed by atoms with Gasteiger partial charge in [-0.1, -0.05) is 0 Å². The Hall–Kier alpha value is -1.02. The van der Waals surface area contributed by atoms with Gasteiger partial charge in [0, 0.05) is 39.9 Å². The summed E-state index contributed by atoms with van der Waals surface area (Å²) in [7, 11) is 3.66. The lowest BCUT2D eigenvalue weighted by molar-refractivity contribution is -0.132. The minimum atomic E-state index is -4.16. The zero-order valence-electron chi connectivity index (χ0n) is 13.1. The van der Waals surface area contributed by atoms with Crippen LogP contribution >= 0.6 is 0 Å². The van der Waals surface area contributed by atoms with E-state index in [9.17, 15) is 13.2 Å². The van der Waals surface area contributed by atoms with Crippen molar-refractivity contribution in [1.82, 2.24) is 15.5 Å². The molecule has 0 aliphatic rings. The van der Waals surface area contributed by atoms with E-state index in [0.29, 0.717) is 19.0 Å². The van der Waals surface area contributed by atoms with Gasteiger partial charge in [-0.2, -0.15) is 13.2 Å². The number of alkyl halides is 3. The third kappa shape index (κ3) is 13.7. The summed E-state index contributed by atoms with van der Waals surface area (Å²) in [4.78, 5) is 6.04. The first-order valence-corrected chi connectivity index (χ1v) is 7.15. The topological polar surface area (TPSA) is 48.9 Å². The molecule has 8 heteroatoms. The van der Waals surface area contributed by atoms with Gasteiger partial charge in [-0.3, -0.25) is 4.99 Å². The van der Waals surface area contributed by atoms with Crippen LogP contribution in [0.3, 0.4) is 0 Å². The Morgan fingerprint density at radius 1 is 1.24 bits per heavy atom. The molecule has 0 atom stereocenters. The van der Waals surface area contributed by atoms with Gasteiger partial charge in [-0.05, 0) is 20.4 Å². The number of rotatable bonds is 10. The van der Waals surface area contributed by atoms with Crippen molar-refractivity contribution in [2.24, 2.45) is 4.99 Å². The first kappa shape index (κ1) is 20.0. The van der Waals surface area contributed by atoms with Gasteiger partial charge in [0.1, 0.15) is 0 Å². The highest BCUT2D eigenvalue weighted by Crippen LogP contribution is 2.18. The van der Waals surface area contributed by atoms with Gasteiger partial charge < -0.3 is 20.3 Å². The third-order valence-corrected chi connectivity index (χ3v) is 2.68. The maximum Gasteiger partial charge on any atom is 0.390 e. The van der Waals surface area contributed by atoms with E-state index in [-0.39, 0.29) is 6.54 Å². The van der Waals surface area contributed by atoms with Crippen LogP contribution in [0.5, 0.6) is 0 Å². The van der Waals surface area contributed by atoms with Gasteiger partial charge >= 0.3 is 6.18 Å². The van der Waals surface area contributed by atoms with Crippen LogP contribution in [-0.4, -0.2) is 70.5 Å². The second kappa shape index (κ2) is 11.6. The van der Waals surface area contributed by atoms with Gasteiger partial charge in [-0.15, -0.1) is 0 Å². The number of ether oxygens (including phenoxy) is 1. The van der Waals surface area contributed by atoms with Crippen LogP contribution in [0.4, 0.5) is 13.2 Å². The average molecular weight is 312 g/mol. The molecule has 0 radical (unpaired) electrons. The monoisotopic (exact) mass is 312 g/mol. The van der Waals surface area contributed by atoms with Gasteiger partial charge in [0.2, 0.25) is 0 Å². The largest absolute Gasteiger partial charge is 0.390 e. The molecular weight excluding hydrogens is 285 g/mol. The van der Waals surface area contributed by atoms with E-state index >= 15 is 0 Å². The van der Waals surface area contributed by atoms with Gasteiger partial charge in [0.05, 0.1) is 13.0 Å². The van der Waals surface area contributed by atoms with Gasteiger partial charge in [0.15, 0.2) is 5.96 Å². The van der Waals surface area contributed by atoms with Crippen molar-refractivity contribution in [3.8, 4) is 0 Å². The molecule has 0 bridgehead atoms. The molecule has 0 aromatic rings. The fourth-order valence-electron chi connectivity index (χ4n) is 1.59. The Labute approximate surface area is 124 Å². The first-order chi connectivity index (χ1) is 9.89. The molecule has 0 heterocycles. The molecule has 126 valence electrons. The summed E-state index contributed by atoms with van der Waals surface area (Å²) in [6.45, 7) is 5.27. The Morgan fingerprint density at radius 3 is 2.52 bits per heavy atom. The van der Waals surface area contributed by atoms with Crippen molar-refractivity contribution >= 4 is 5.96 Å². The zero-order chi connectivity index (χ0) is 16.1. The minimum absolute atomic E-state index is 0.261. The fraction of sp³-hybridized carbons (Fsp3) is 0.923. The van der Waals surface area contributed by atoms with E-state index in [1.54, 1.807) is 7.11 Å². The molecule has 0 rings (SSSR count). The molecule has 0 aliphatic heterocycles. The standard InChI is InChI=1S/C13H27F3N4O/c1-4-17-12(18-7-6-13(14,15)16)19-8-10-20(2)9-5-11-21-3/h4-11H2,1-3H3,(H2,17,18,19). The molecule has 0 aliphatic carbocycles. The van der Waals surface area contributed by atoms with E-state index < -0.39 is 12.6 Å². The Morgan fingerprint density at radius 2 is 1.95 bits per heavy atom. The highest BCUT2D eigenvalue weighted by Gasteiger charge is 2.26. The Bertz CT molecular complexity index is 285. The van der Waals surface area contributed by atoms with E-state index in [4.69, 9.17) is 4.74 Å². The van der Waals surface area contributed by atoms with Gasteiger partial charge in [-0.25, -0.2) is 0 Å². The molecule has 5 nitrogen and oxygen atoms in total. The molecule has 0 aromatic heterocycles. The molecular formula is C13H27F3N4O. The highest BCUT2D eigenvalue weighted by atomic mass is 19.4. The summed E-state index contributed by atoms with van der Waals surface area (Å²) in [5.41, 5.74) is 0. The number of aliphatic imine (C=N–C) groups is 1. The summed E-state index contributed by atoms with van der Waals surface area (Å²) in [6.07, 6.45) is -4.12. The second-order valence-corrected chi connectivity index (χ2v) is 4.70. The number of hydrogen-bond acceptors (Lipinski definition) is 3. The van der Waals surface area contributed by atoms with Crippen molar-refractivity contribution in [2.45, 2.75) is 25.9 Å². The zero-order valence-corrected chi connectivity index (χ0v) is 13.1. The van der Waals surface area contributed by atoms with Crippen LogP contribution in [0.1, 0.15) is 19.8 Å². The predicted molar refractivity (Wildman–Crippen MR) is 78.6 cm³/mol. The van der Waals surface area contributed by atoms with E-state index in [2.05, 4.69) is 20.5 Å². The molecule has 0 saturated heterocycles. The smallest absolute Gasteiger partial charge is 0.385 e. The number of nitrogens with one attached hydrogen (secondary N) is 2. The maximum absolute atomic E-state index is 12.1. The van der Waals surface area contributed by atoms with Crippen LogP contribution in [0.25, 0.3) is 0 Å². The summed E-state index contributed by atoms with van der Waals surface area (Å²) < 4.78 is 41.2. The highest BCUT2D eigenvalue weighted by molar-refractivity contribution is 5.79. The Kier molecular flexibility index (Phi) is 11.1. The van der Waals surface area contributed by atoms with Crippen LogP contribution in [0.2, 0.25) is 0 Å². The number of likely N-dealkylation sites (N-methyl/N-ethyl adjacent to an activating group) is 1. The predicted octanol–water partition coefficient (Wildman–Crippen LogP) is 1.46. The normalized spacial score (nSPS) is 12.8. The summed E-state index contributed by atoms with van der Waals surface area (Å²) in [5.74, 6) is 0.423. The van der Waals surface area contributed by atoms with Crippen LogP contribution in [0.15, 0.2) is 4.99 Å². The number of halogens is 3. The lowest BCUT2D eigenvalue weighted by Gasteiger charge is -2.18. The van der Waals surface area contributed by atoms with E-state index in [0.717, 1.165) is 26.1 Å². The van der Waals surface area contributed by atoms with E-state index in [1.807, 2.05) is 14.0 Å². The van der Waals surface area contributed by atoms with Crippen LogP contribution in [-0.2, 0) is 4.74 Å².